The zero-order valence-corrected chi connectivity index (χ0v) is 26.5. The van der Waals surface area contributed by atoms with Crippen LogP contribution in [0.5, 0.6) is 0 Å². The lowest BCUT2D eigenvalue weighted by Gasteiger charge is -2.29. The summed E-state index contributed by atoms with van der Waals surface area (Å²) in [4.78, 5) is 24.4. The summed E-state index contributed by atoms with van der Waals surface area (Å²) < 4.78 is 86.3. The van der Waals surface area contributed by atoms with Gasteiger partial charge in [0.05, 0.1) is 33.0 Å². The Balaban J connectivity index is 1.19. The van der Waals surface area contributed by atoms with Crippen LogP contribution in [0.1, 0.15) is 12.5 Å². The van der Waals surface area contributed by atoms with Crippen LogP contribution in [0.25, 0.3) is 22.3 Å². The number of nitrogens with zero attached hydrogens (tertiary/aromatic N) is 8. The number of nitrogens with two attached hydrogens (primary N) is 2. The first-order chi connectivity index (χ1) is 22.0. The molecule has 7 heterocycles. The molecule has 3 aliphatic heterocycles. The molecule has 3 fully saturated rings. The minimum atomic E-state index is -4.31. The molecule has 10 atom stereocenters. The lowest BCUT2D eigenvalue weighted by Crippen LogP contribution is -2.38. The minimum Gasteiger partial charge on any atom is -0.386 e. The molecule has 246 valence electrons. The van der Waals surface area contributed by atoms with Gasteiger partial charge < -0.3 is 39.3 Å². The summed E-state index contributed by atoms with van der Waals surface area (Å²) in [5, 5.41) is 11.4. The molecule has 10 unspecified atom stereocenters. The number of anilines is 2. The summed E-state index contributed by atoms with van der Waals surface area (Å²) in [6.07, 6.45) is -6.53. The normalized spacial score (nSPS) is 37.1. The third-order valence-corrected chi connectivity index (χ3v) is 11.6. The van der Waals surface area contributed by atoms with Gasteiger partial charge in [-0.15, -0.1) is 0 Å². The standard InChI is InChI=1S/C21H26BFN10O10P2S/c1-37-46-45(36)39-3-8-14(10(23)20(40-8)32-6-30-11-16(24)26-4-28-18(11)32)42-44(22,35)38-2-9-15(43-45)13(34)21(41-9)33-7-31-12-17(25)27-5-29-19(12)33/h4-10,13-15,20-21,34H,2-3,22H2,1H3,(H2,24,26,28)(H2,25,27,29). The van der Waals surface area contributed by atoms with Crippen molar-refractivity contribution >= 4 is 67.5 Å². The first-order valence-electron chi connectivity index (χ1n) is 13.5. The first-order valence-corrected chi connectivity index (χ1v) is 18.4. The summed E-state index contributed by atoms with van der Waals surface area (Å²) in [6, 6.07) is 0. The molecule has 25 heteroatoms. The monoisotopic (exact) mass is 702 g/mol. The van der Waals surface area contributed by atoms with Gasteiger partial charge >= 0.3 is 6.80 Å². The van der Waals surface area contributed by atoms with Gasteiger partial charge in [-0.3, -0.25) is 22.7 Å². The van der Waals surface area contributed by atoms with Crippen molar-refractivity contribution in [3.63, 3.8) is 0 Å². The fourth-order valence-electron chi connectivity index (χ4n) is 5.44. The summed E-state index contributed by atoms with van der Waals surface area (Å²) >= 11 is 0.353. The van der Waals surface area contributed by atoms with Gasteiger partial charge in [0.1, 0.15) is 65.9 Å². The minimum absolute atomic E-state index is 0.0696. The predicted octanol–water partition coefficient (Wildman–Crippen LogP) is 0.285. The molecule has 5 N–H and O–H groups in total. The maximum absolute atomic E-state index is 16.1. The number of halogens is 1. The smallest absolute Gasteiger partial charge is 0.386 e. The van der Waals surface area contributed by atoms with Gasteiger partial charge in [0, 0.05) is 0 Å². The fraction of sp³-hybridized carbons (Fsp3) is 0.524. The molecule has 0 saturated carbocycles. The molecule has 0 spiro atoms. The van der Waals surface area contributed by atoms with Gasteiger partial charge in [-0.1, -0.05) is 0 Å². The molecule has 3 aliphatic rings. The van der Waals surface area contributed by atoms with Crippen LogP contribution >= 0.6 is 25.9 Å². The number of aliphatic hydroxyl groups is 1. The number of rotatable bonds is 4. The Labute approximate surface area is 263 Å². The topological polar surface area (TPSA) is 258 Å². The highest BCUT2D eigenvalue weighted by molar-refractivity contribution is 8.52. The number of hydrogen-bond donors (Lipinski definition) is 3. The van der Waals surface area contributed by atoms with Crippen molar-refractivity contribution in [3.8, 4) is 0 Å². The Morgan fingerprint density at radius 2 is 1.48 bits per heavy atom. The van der Waals surface area contributed by atoms with Gasteiger partial charge in [-0.25, -0.2) is 38.9 Å². The van der Waals surface area contributed by atoms with Crippen molar-refractivity contribution in [3.05, 3.63) is 25.3 Å². The molecular formula is C21H26BFN10O10P2S. The third-order valence-electron chi connectivity index (χ3n) is 7.50. The van der Waals surface area contributed by atoms with Crippen LogP contribution in [0.15, 0.2) is 25.3 Å². The van der Waals surface area contributed by atoms with Crippen molar-refractivity contribution < 1.29 is 50.4 Å². The Hall–Kier alpha value is -2.82. The van der Waals surface area contributed by atoms with Crippen LogP contribution in [-0.2, 0) is 40.9 Å². The zero-order chi connectivity index (χ0) is 32.4. The van der Waals surface area contributed by atoms with E-state index in [-0.39, 0.29) is 34.0 Å². The highest BCUT2D eigenvalue weighted by Gasteiger charge is 2.54. The van der Waals surface area contributed by atoms with Crippen molar-refractivity contribution in [1.82, 2.24) is 39.0 Å². The van der Waals surface area contributed by atoms with E-state index in [0.29, 0.717) is 11.7 Å². The van der Waals surface area contributed by atoms with Crippen LogP contribution < -0.4 is 11.5 Å². The average Bonchev–Trinajstić information content (AvgIpc) is 3.77. The van der Waals surface area contributed by atoms with E-state index in [2.05, 4.69) is 29.9 Å². The quantitative estimate of drug-likeness (QED) is 0.147. The van der Waals surface area contributed by atoms with E-state index in [1.807, 2.05) is 0 Å². The van der Waals surface area contributed by atoms with Gasteiger partial charge in [0.2, 0.25) is 0 Å². The predicted molar refractivity (Wildman–Crippen MR) is 158 cm³/mol. The molecule has 0 radical (unpaired) electrons. The Kier molecular flexibility index (Phi) is 8.29. The summed E-state index contributed by atoms with van der Waals surface area (Å²) in [7, 11) is -1.69. The SMILES string of the molecule is BP1(=O)OCC2OC(n3cnc4c(N)ncnc43)C(O)C2OP(=O)(SOC)OCC2OC(n3cnc4c(N)ncnc43)C(F)C2O1. The number of fused-ring (bicyclic) bond motifs is 4. The number of ether oxygens (including phenoxy) is 2. The second-order valence-corrected chi connectivity index (χ2v) is 16.1. The molecule has 7 rings (SSSR count). The Morgan fingerprint density at radius 1 is 0.913 bits per heavy atom. The van der Waals surface area contributed by atoms with Crippen LogP contribution in [0.3, 0.4) is 0 Å². The van der Waals surface area contributed by atoms with Crippen LogP contribution in [0.2, 0.25) is 0 Å². The number of nitrogen functional groups attached to an aromatic ring is 2. The van der Waals surface area contributed by atoms with Crippen LogP contribution in [0.4, 0.5) is 16.0 Å². The third kappa shape index (κ3) is 5.58. The number of imidazole rings is 2. The lowest BCUT2D eigenvalue weighted by molar-refractivity contribution is -0.0558. The van der Waals surface area contributed by atoms with E-state index in [1.165, 1.54) is 41.6 Å². The van der Waals surface area contributed by atoms with E-state index in [1.54, 1.807) is 0 Å². The molecule has 4 aromatic rings. The summed E-state index contributed by atoms with van der Waals surface area (Å²) in [5.74, 6) is 0.167. The molecule has 0 bridgehead atoms. The molecule has 20 nitrogen and oxygen atoms in total. The molecule has 46 heavy (non-hydrogen) atoms. The van der Waals surface area contributed by atoms with Crippen molar-refractivity contribution in [2.45, 2.75) is 49.1 Å². The van der Waals surface area contributed by atoms with Gasteiger partial charge in [0.15, 0.2) is 41.6 Å². The van der Waals surface area contributed by atoms with E-state index in [0.717, 1.165) is 7.57 Å². The number of aliphatic hydroxyl groups excluding tert-OH is 1. The first kappa shape index (κ1) is 31.8. The highest BCUT2D eigenvalue weighted by Crippen LogP contribution is 2.64. The second-order valence-electron chi connectivity index (χ2n) is 10.4. The van der Waals surface area contributed by atoms with Gasteiger partial charge in [-0.05, 0) is 0 Å². The van der Waals surface area contributed by atoms with Gasteiger partial charge in [-0.2, -0.15) is 0 Å². The van der Waals surface area contributed by atoms with E-state index >= 15 is 4.39 Å². The summed E-state index contributed by atoms with van der Waals surface area (Å²) in [6.45, 7) is -5.40. The number of alkyl halides is 1. The Morgan fingerprint density at radius 3 is 2.11 bits per heavy atom. The van der Waals surface area contributed by atoms with Crippen molar-refractivity contribution in [2.75, 3.05) is 31.8 Å². The highest BCUT2D eigenvalue weighted by atomic mass is 32.7. The zero-order valence-electron chi connectivity index (χ0n) is 23.9. The number of aromatic nitrogens is 8. The maximum Gasteiger partial charge on any atom is 0.416 e. The lowest BCUT2D eigenvalue weighted by atomic mass is 10.1. The second kappa shape index (κ2) is 12.0. The molecule has 3 saturated heterocycles. The molecule has 0 aliphatic carbocycles. The van der Waals surface area contributed by atoms with Crippen LogP contribution in [0, 0.1) is 0 Å². The largest absolute Gasteiger partial charge is 0.416 e. The average molecular weight is 702 g/mol. The molecular weight excluding hydrogens is 676 g/mol. The van der Waals surface area contributed by atoms with E-state index in [4.69, 9.17) is 43.2 Å². The summed E-state index contributed by atoms with van der Waals surface area (Å²) in [5.41, 5.74) is 12.6. The fourth-order valence-corrected chi connectivity index (χ4v) is 9.08. The molecule has 4 aromatic heterocycles. The van der Waals surface area contributed by atoms with E-state index < -0.39 is 76.6 Å². The van der Waals surface area contributed by atoms with Gasteiger partial charge in [0.25, 0.3) is 15.0 Å². The van der Waals surface area contributed by atoms with E-state index in [9.17, 15) is 14.2 Å². The number of hydrogen-bond acceptors (Lipinski definition) is 19. The Bertz CT molecular complexity index is 1880. The molecule has 0 amide bonds. The van der Waals surface area contributed by atoms with Crippen molar-refractivity contribution in [1.29, 1.82) is 0 Å². The maximum atomic E-state index is 16.1. The van der Waals surface area contributed by atoms with Crippen LogP contribution in [-0.4, -0.2) is 109 Å². The van der Waals surface area contributed by atoms with Crippen molar-refractivity contribution in [2.24, 2.45) is 0 Å². The molecule has 0 aromatic carbocycles.